The number of amides is 1. The minimum absolute atomic E-state index is 0.145. The first-order valence-corrected chi connectivity index (χ1v) is 2.41. The molecule has 0 aliphatic carbocycles. The third-order valence-corrected chi connectivity index (χ3v) is 0.651. The van der Waals surface area contributed by atoms with Crippen molar-refractivity contribution in [3.63, 3.8) is 0 Å². The monoisotopic (exact) mass is 119 g/mol. The van der Waals surface area contributed by atoms with Crippen LogP contribution in [-0.4, -0.2) is 11.7 Å². The lowest BCUT2D eigenvalue weighted by Gasteiger charge is -1.78. The topological polar surface area (TPSA) is 46.5 Å². The number of carbonyl (C=O) groups is 1. The summed E-state index contributed by atoms with van der Waals surface area (Å²) in [6, 6.07) is 0. The molecule has 0 bridgehead atoms. The first kappa shape index (κ1) is 6.62. The SMILES string of the molecule is O=NC(=O)CCS. The summed E-state index contributed by atoms with van der Waals surface area (Å²) in [7, 11) is 0. The number of rotatable bonds is 2. The summed E-state index contributed by atoms with van der Waals surface area (Å²) in [5.74, 6) is -0.236. The van der Waals surface area contributed by atoms with Crippen molar-refractivity contribution in [1.29, 1.82) is 0 Å². The van der Waals surface area contributed by atoms with E-state index < -0.39 is 5.91 Å². The summed E-state index contributed by atoms with van der Waals surface area (Å²) in [6.07, 6.45) is 0.145. The second kappa shape index (κ2) is 3.80. The zero-order valence-corrected chi connectivity index (χ0v) is 4.52. The zero-order valence-electron chi connectivity index (χ0n) is 3.63. The Balaban J connectivity index is 3.17. The number of hydrogen-bond donors (Lipinski definition) is 1. The van der Waals surface area contributed by atoms with Crippen LogP contribution >= 0.6 is 12.6 Å². The summed E-state index contributed by atoms with van der Waals surface area (Å²) in [6.45, 7) is 0. The van der Waals surface area contributed by atoms with Gasteiger partial charge in [-0.15, -0.1) is 4.91 Å². The predicted molar refractivity (Wildman–Crippen MR) is 29.3 cm³/mol. The van der Waals surface area contributed by atoms with E-state index in [1.807, 2.05) is 0 Å². The van der Waals surface area contributed by atoms with Gasteiger partial charge < -0.3 is 0 Å². The summed E-state index contributed by atoms with van der Waals surface area (Å²) in [5.41, 5.74) is 0. The molecule has 0 heterocycles. The summed E-state index contributed by atoms with van der Waals surface area (Å²) < 4.78 is 0. The van der Waals surface area contributed by atoms with Crippen molar-refractivity contribution in [1.82, 2.24) is 0 Å². The van der Waals surface area contributed by atoms with Crippen molar-refractivity contribution in [2.75, 3.05) is 5.75 Å². The van der Waals surface area contributed by atoms with Crippen LogP contribution in [0.4, 0.5) is 0 Å². The van der Waals surface area contributed by atoms with E-state index in [2.05, 4.69) is 17.8 Å². The number of carbonyl (C=O) groups excluding carboxylic acids is 1. The second-order valence-electron chi connectivity index (χ2n) is 0.959. The van der Waals surface area contributed by atoms with Crippen molar-refractivity contribution < 1.29 is 4.79 Å². The molecule has 0 atom stereocenters. The molecule has 3 nitrogen and oxygen atoms in total. The van der Waals surface area contributed by atoms with E-state index >= 15 is 0 Å². The molecular weight excluding hydrogens is 114 g/mol. The molecule has 0 aromatic rings. The van der Waals surface area contributed by atoms with Crippen molar-refractivity contribution in [2.24, 2.45) is 5.18 Å². The molecule has 0 aromatic carbocycles. The van der Waals surface area contributed by atoms with Gasteiger partial charge in [0.25, 0.3) is 5.91 Å². The average molecular weight is 119 g/mol. The first-order valence-electron chi connectivity index (χ1n) is 1.78. The number of hydrogen-bond acceptors (Lipinski definition) is 3. The van der Waals surface area contributed by atoms with E-state index in [1.54, 1.807) is 0 Å². The highest BCUT2D eigenvalue weighted by molar-refractivity contribution is 7.80. The Labute approximate surface area is 46.5 Å². The molecule has 0 spiro atoms. The molecule has 0 saturated heterocycles. The Kier molecular flexibility index (Phi) is 3.59. The van der Waals surface area contributed by atoms with Gasteiger partial charge in [0.1, 0.15) is 0 Å². The summed E-state index contributed by atoms with van der Waals surface area (Å²) in [5, 5.41) is 2.14. The third kappa shape index (κ3) is 3.45. The third-order valence-electron chi connectivity index (χ3n) is 0.427. The van der Waals surface area contributed by atoms with Gasteiger partial charge in [0, 0.05) is 11.6 Å². The van der Waals surface area contributed by atoms with Crippen LogP contribution in [0.5, 0.6) is 0 Å². The van der Waals surface area contributed by atoms with Crippen molar-refractivity contribution in [3.05, 3.63) is 4.91 Å². The number of thiol groups is 1. The molecule has 0 aromatic heterocycles. The van der Waals surface area contributed by atoms with Gasteiger partial charge in [0.2, 0.25) is 0 Å². The lowest BCUT2D eigenvalue weighted by Crippen LogP contribution is -1.90. The number of nitrogens with zero attached hydrogens (tertiary/aromatic N) is 1. The van der Waals surface area contributed by atoms with Gasteiger partial charge in [-0.25, -0.2) is 0 Å². The lowest BCUT2D eigenvalue weighted by molar-refractivity contribution is -0.117. The molecule has 0 aliphatic rings. The van der Waals surface area contributed by atoms with Crippen LogP contribution in [0.3, 0.4) is 0 Å². The maximum atomic E-state index is 9.88. The average Bonchev–Trinajstić information content (AvgIpc) is 1.68. The van der Waals surface area contributed by atoms with Gasteiger partial charge in [-0.05, 0) is 5.75 Å². The fourth-order valence-electron chi connectivity index (χ4n) is 0.141. The zero-order chi connectivity index (χ0) is 5.70. The lowest BCUT2D eigenvalue weighted by atomic mass is 10.5. The van der Waals surface area contributed by atoms with E-state index in [0.717, 1.165) is 0 Å². The van der Waals surface area contributed by atoms with Gasteiger partial charge in [-0.3, -0.25) is 4.79 Å². The van der Waals surface area contributed by atoms with Crippen LogP contribution in [0.15, 0.2) is 5.18 Å². The minimum Gasteiger partial charge on any atom is -0.269 e. The summed E-state index contributed by atoms with van der Waals surface area (Å²) >= 11 is 3.69. The molecular formula is C3H5NO2S. The van der Waals surface area contributed by atoms with Gasteiger partial charge >= 0.3 is 0 Å². The molecule has 0 fully saturated rings. The van der Waals surface area contributed by atoms with Crippen LogP contribution in [0, 0.1) is 4.91 Å². The quantitative estimate of drug-likeness (QED) is 0.427. The Morgan fingerprint density at radius 3 is 2.43 bits per heavy atom. The molecule has 0 radical (unpaired) electrons. The van der Waals surface area contributed by atoms with Crippen molar-refractivity contribution in [2.45, 2.75) is 6.42 Å². The molecule has 0 N–H and O–H groups in total. The van der Waals surface area contributed by atoms with Gasteiger partial charge in [-0.1, -0.05) is 0 Å². The normalized spacial score (nSPS) is 8.14. The van der Waals surface area contributed by atoms with Gasteiger partial charge in [-0.2, -0.15) is 12.6 Å². The van der Waals surface area contributed by atoms with Gasteiger partial charge in [0.05, 0.1) is 0 Å². The Bertz CT molecular complexity index is 83.0. The Morgan fingerprint density at radius 2 is 2.29 bits per heavy atom. The van der Waals surface area contributed by atoms with Crippen molar-refractivity contribution in [3.8, 4) is 0 Å². The maximum absolute atomic E-state index is 9.88. The Hall–Kier alpha value is -0.380. The van der Waals surface area contributed by atoms with E-state index in [9.17, 15) is 9.70 Å². The molecule has 0 aliphatic heterocycles. The van der Waals surface area contributed by atoms with Crippen LogP contribution in [0.2, 0.25) is 0 Å². The molecule has 0 rings (SSSR count). The molecule has 1 amide bonds. The molecule has 0 saturated carbocycles. The van der Waals surface area contributed by atoms with Crippen LogP contribution in [0.1, 0.15) is 6.42 Å². The standard InChI is InChI=1S/C3H5NO2S/c5-3(4-6)1-2-7/h7H,1-2H2. The minimum atomic E-state index is -0.630. The van der Waals surface area contributed by atoms with E-state index in [1.165, 1.54) is 0 Å². The predicted octanol–water partition coefficient (Wildman–Crippen LogP) is 0.599. The first-order chi connectivity index (χ1) is 3.31. The second-order valence-corrected chi connectivity index (χ2v) is 1.41. The maximum Gasteiger partial charge on any atom is 0.287 e. The fraction of sp³-hybridized carbons (Fsp3) is 0.667. The highest BCUT2D eigenvalue weighted by Gasteiger charge is 1.94. The van der Waals surface area contributed by atoms with Crippen LogP contribution < -0.4 is 0 Å². The largest absolute Gasteiger partial charge is 0.287 e. The van der Waals surface area contributed by atoms with Crippen molar-refractivity contribution >= 4 is 18.5 Å². The summed E-state index contributed by atoms with van der Waals surface area (Å²) in [4.78, 5) is 19.1. The molecule has 7 heavy (non-hydrogen) atoms. The van der Waals surface area contributed by atoms with E-state index in [-0.39, 0.29) is 6.42 Å². The van der Waals surface area contributed by atoms with E-state index in [0.29, 0.717) is 5.75 Å². The Morgan fingerprint density at radius 1 is 1.71 bits per heavy atom. The molecule has 0 unspecified atom stereocenters. The fourth-order valence-corrected chi connectivity index (χ4v) is 0.333. The smallest absolute Gasteiger partial charge is 0.269 e. The van der Waals surface area contributed by atoms with E-state index in [4.69, 9.17) is 0 Å². The van der Waals surface area contributed by atoms with Gasteiger partial charge in [0.15, 0.2) is 0 Å². The molecule has 40 valence electrons. The highest BCUT2D eigenvalue weighted by atomic mass is 32.1. The van der Waals surface area contributed by atoms with Crippen LogP contribution in [0.25, 0.3) is 0 Å². The number of nitroso groups, excluding NO2 is 1. The molecule has 4 heteroatoms. The van der Waals surface area contributed by atoms with Crippen LogP contribution in [-0.2, 0) is 4.79 Å². The highest BCUT2D eigenvalue weighted by Crippen LogP contribution is 1.85.